The first-order valence-electron chi connectivity index (χ1n) is 7.16. The normalized spacial score (nSPS) is 11.2. The van der Waals surface area contributed by atoms with Gasteiger partial charge in [0.05, 0.1) is 17.6 Å². The molecule has 0 bridgehead atoms. The molecule has 0 radical (unpaired) electrons. The molecule has 3 aromatic heterocycles. The monoisotopic (exact) mass is 308 g/mol. The van der Waals surface area contributed by atoms with E-state index < -0.39 is 0 Å². The third-order valence-corrected chi connectivity index (χ3v) is 3.74. The van der Waals surface area contributed by atoms with Gasteiger partial charge in [0.15, 0.2) is 11.5 Å². The molecule has 0 amide bonds. The zero-order valence-corrected chi connectivity index (χ0v) is 12.4. The maximum absolute atomic E-state index is 9.36. The fourth-order valence-electron chi connectivity index (χ4n) is 2.59. The molecule has 0 saturated heterocycles. The molecule has 0 saturated carbocycles. The van der Waals surface area contributed by atoms with Crippen LogP contribution in [0.4, 0.5) is 0 Å². The summed E-state index contributed by atoms with van der Waals surface area (Å²) in [6.07, 6.45) is 3.19. The van der Waals surface area contributed by atoms with Crippen molar-refractivity contribution in [2.24, 2.45) is 0 Å². The molecule has 0 fully saturated rings. The lowest BCUT2D eigenvalue weighted by atomic mass is 10.2. The van der Waals surface area contributed by atoms with Crippen LogP contribution in [-0.2, 0) is 6.54 Å². The summed E-state index contributed by atoms with van der Waals surface area (Å²) in [6.45, 7) is 2.44. The fourth-order valence-corrected chi connectivity index (χ4v) is 2.59. The van der Waals surface area contributed by atoms with Gasteiger partial charge in [-0.1, -0.05) is 17.3 Å². The minimum Gasteiger partial charge on any atom is -0.318 e. The summed E-state index contributed by atoms with van der Waals surface area (Å²) in [5.41, 5.74) is 4.26. The molecule has 0 aliphatic rings. The van der Waals surface area contributed by atoms with E-state index in [0.29, 0.717) is 23.8 Å². The van der Waals surface area contributed by atoms with Crippen molar-refractivity contribution < 1.29 is 14.6 Å². The first kappa shape index (κ1) is 13.4. The van der Waals surface area contributed by atoms with E-state index in [2.05, 4.69) is 19.9 Å². The number of hydrogen-bond acceptors (Lipinski definition) is 5. The average molecular weight is 308 g/mol. The van der Waals surface area contributed by atoms with Crippen LogP contribution in [0.5, 0.6) is 0 Å². The molecule has 23 heavy (non-hydrogen) atoms. The lowest BCUT2D eigenvalue weighted by Gasteiger charge is -2.07. The molecule has 7 heteroatoms. The Bertz CT molecular complexity index is 972. The van der Waals surface area contributed by atoms with Crippen LogP contribution < -0.4 is 4.73 Å². The van der Waals surface area contributed by atoms with Gasteiger partial charge in [0.25, 0.3) is 0 Å². The molecule has 0 aliphatic carbocycles. The Morgan fingerprint density at radius 1 is 1.13 bits per heavy atom. The highest BCUT2D eigenvalue weighted by Gasteiger charge is 2.18. The first-order valence-corrected chi connectivity index (χ1v) is 7.16. The van der Waals surface area contributed by atoms with Gasteiger partial charge in [-0.05, 0) is 29.8 Å². The number of para-hydroxylation sites is 2. The second-order valence-corrected chi connectivity index (χ2v) is 5.29. The van der Waals surface area contributed by atoms with E-state index in [0.717, 1.165) is 21.3 Å². The van der Waals surface area contributed by atoms with Gasteiger partial charge in [0.2, 0.25) is 12.4 Å². The van der Waals surface area contributed by atoms with Gasteiger partial charge in [0.1, 0.15) is 5.69 Å². The van der Waals surface area contributed by atoms with Gasteiger partial charge < -0.3 is 4.57 Å². The van der Waals surface area contributed by atoms with Crippen LogP contribution in [0.1, 0.15) is 11.3 Å². The van der Waals surface area contributed by atoms with Crippen molar-refractivity contribution in [2.75, 3.05) is 0 Å². The molecular weight excluding hydrogens is 294 g/mol. The maximum Gasteiger partial charge on any atom is 0.222 e. The Labute approximate surface area is 131 Å². The molecule has 0 aliphatic heterocycles. The number of aryl methyl sites for hydroxylation is 1. The van der Waals surface area contributed by atoms with Crippen molar-refractivity contribution in [3.8, 4) is 11.5 Å². The number of benzene rings is 1. The van der Waals surface area contributed by atoms with Crippen LogP contribution in [0.15, 0.2) is 53.4 Å². The summed E-state index contributed by atoms with van der Waals surface area (Å²) in [7, 11) is 0. The van der Waals surface area contributed by atoms with Crippen LogP contribution >= 0.6 is 0 Å². The summed E-state index contributed by atoms with van der Waals surface area (Å²) in [5, 5.41) is 17.2. The Hall–Kier alpha value is -3.22. The zero-order chi connectivity index (χ0) is 15.8. The predicted molar refractivity (Wildman–Crippen MR) is 80.7 cm³/mol. The highest BCUT2D eigenvalue weighted by Crippen LogP contribution is 2.26. The predicted octanol–water partition coefficient (Wildman–Crippen LogP) is 1.97. The largest absolute Gasteiger partial charge is 0.318 e. The van der Waals surface area contributed by atoms with E-state index in [4.69, 9.17) is 4.63 Å². The van der Waals surface area contributed by atoms with Crippen molar-refractivity contribution in [1.29, 1.82) is 0 Å². The number of nitrogens with zero attached hydrogens (tertiary/aromatic N) is 5. The van der Waals surface area contributed by atoms with Gasteiger partial charge in [-0.15, -0.1) is 0 Å². The van der Waals surface area contributed by atoms with Gasteiger partial charge in [-0.2, -0.15) is 0 Å². The highest BCUT2D eigenvalue weighted by molar-refractivity contribution is 5.80. The van der Waals surface area contributed by atoms with Crippen molar-refractivity contribution in [2.45, 2.75) is 13.5 Å². The van der Waals surface area contributed by atoms with Crippen molar-refractivity contribution in [3.05, 3.63) is 60.0 Å². The lowest BCUT2D eigenvalue weighted by molar-refractivity contribution is -0.904. The molecule has 114 valence electrons. The van der Waals surface area contributed by atoms with E-state index in [-0.39, 0.29) is 0 Å². The van der Waals surface area contributed by atoms with Crippen LogP contribution in [-0.4, -0.2) is 25.1 Å². The van der Waals surface area contributed by atoms with Crippen LogP contribution in [0, 0.1) is 6.92 Å². The van der Waals surface area contributed by atoms with Crippen LogP contribution in [0.2, 0.25) is 0 Å². The minimum atomic E-state index is 0.600. The molecule has 0 spiro atoms. The Balaban J connectivity index is 1.89. The maximum atomic E-state index is 9.36. The van der Waals surface area contributed by atoms with Crippen molar-refractivity contribution in [3.63, 3.8) is 0 Å². The van der Waals surface area contributed by atoms with Crippen molar-refractivity contribution in [1.82, 2.24) is 19.9 Å². The second kappa shape index (κ2) is 5.20. The number of hydrogen-bond donors (Lipinski definition) is 1. The number of imidazole rings is 1. The minimum absolute atomic E-state index is 0.600. The van der Waals surface area contributed by atoms with Gasteiger partial charge in [-0.25, -0.2) is 9.61 Å². The molecule has 0 unspecified atom stereocenters. The first-order chi connectivity index (χ1) is 11.2. The second-order valence-electron chi connectivity index (χ2n) is 5.29. The summed E-state index contributed by atoms with van der Waals surface area (Å²) >= 11 is 0. The van der Waals surface area contributed by atoms with E-state index >= 15 is 0 Å². The number of rotatable bonds is 3. The third-order valence-electron chi connectivity index (χ3n) is 3.74. The molecule has 0 atom stereocenters. The fraction of sp³-hybridized carbons (Fsp3) is 0.125. The Morgan fingerprint density at radius 2 is 1.91 bits per heavy atom. The smallest absolute Gasteiger partial charge is 0.222 e. The zero-order valence-electron chi connectivity index (χ0n) is 12.4. The van der Waals surface area contributed by atoms with Crippen LogP contribution in [0.25, 0.3) is 22.6 Å². The summed E-state index contributed by atoms with van der Waals surface area (Å²) in [5.74, 6) is 0.714. The lowest BCUT2D eigenvalue weighted by Crippen LogP contribution is -2.28. The highest BCUT2D eigenvalue weighted by atomic mass is 16.6. The summed E-state index contributed by atoms with van der Waals surface area (Å²) in [4.78, 5) is 4.68. The van der Waals surface area contributed by atoms with Gasteiger partial charge >= 0.3 is 0 Å². The topological polar surface area (TPSA) is 80.9 Å². The standard InChI is InChI=1S/C16H14N5O2/c1-11-15(19-23-18-11)16-17-13-4-2-3-5-14(13)21(16)10-12-6-8-20(22)9-7-12/h2-9,22H,10H2,1H3/q+1. The van der Waals surface area contributed by atoms with Crippen molar-refractivity contribution >= 4 is 11.0 Å². The number of pyridine rings is 1. The Kier molecular flexibility index (Phi) is 3.04. The molecule has 3 heterocycles. The molecule has 7 nitrogen and oxygen atoms in total. The quantitative estimate of drug-likeness (QED) is 0.462. The molecule has 4 rings (SSSR count). The molecule has 1 aromatic carbocycles. The number of fused-ring (bicyclic) bond motifs is 1. The average Bonchev–Trinajstić information content (AvgIpc) is 3.13. The number of aromatic nitrogens is 5. The van der Waals surface area contributed by atoms with E-state index in [1.807, 2.05) is 43.3 Å². The summed E-state index contributed by atoms with van der Waals surface area (Å²) < 4.78 is 7.91. The third kappa shape index (κ3) is 2.32. The van der Waals surface area contributed by atoms with E-state index in [9.17, 15) is 5.21 Å². The SMILES string of the molecule is Cc1nonc1-c1nc2ccccc2n1Cc1cc[n+](O)cc1. The molecular formula is C16H14N5O2+. The van der Waals surface area contributed by atoms with E-state index in [1.54, 1.807) is 12.4 Å². The molecule has 1 N–H and O–H groups in total. The Morgan fingerprint density at radius 3 is 2.65 bits per heavy atom. The summed E-state index contributed by atoms with van der Waals surface area (Å²) in [6, 6.07) is 11.6. The molecule has 4 aromatic rings. The van der Waals surface area contributed by atoms with Crippen LogP contribution in [0.3, 0.4) is 0 Å². The van der Waals surface area contributed by atoms with Gasteiger partial charge in [0, 0.05) is 16.9 Å². The van der Waals surface area contributed by atoms with E-state index in [1.165, 1.54) is 0 Å². The van der Waals surface area contributed by atoms with Gasteiger partial charge in [-0.3, -0.25) is 5.21 Å².